The minimum atomic E-state index is -0.185. The van der Waals surface area contributed by atoms with Gasteiger partial charge in [-0.3, -0.25) is 15.0 Å². The maximum atomic E-state index is 13.0. The van der Waals surface area contributed by atoms with Gasteiger partial charge in [-0.05, 0) is 17.5 Å². The average Bonchev–Trinajstić information content (AvgIpc) is 3.31. The van der Waals surface area contributed by atoms with Crippen LogP contribution in [0.15, 0.2) is 47.7 Å². The van der Waals surface area contributed by atoms with Crippen molar-refractivity contribution in [2.75, 3.05) is 0 Å². The van der Waals surface area contributed by atoms with Gasteiger partial charge in [0.15, 0.2) is 5.65 Å². The molecule has 2 N–H and O–H groups in total. The van der Waals surface area contributed by atoms with E-state index in [0.717, 1.165) is 16.7 Å². The van der Waals surface area contributed by atoms with Crippen molar-refractivity contribution in [3.05, 3.63) is 64.3 Å². The van der Waals surface area contributed by atoms with E-state index in [4.69, 9.17) is 0 Å². The second kappa shape index (κ2) is 6.01. The maximum Gasteiger partial charge on any atom is 0.276 e. The third kappa shape index (κ3) is 2.40. The second-order valence-corrected chi connectivity index (χ2v) is 6.36. The summed E-state index contributed by atoms with van der Waals surface area (Å²) in [5, 5.41) is 18.9. The lowest BCUT2D eigenvalue weighted by molar-refractivity contribution is 0.797. The largest absolute Gasteiger partial charge is 0.295 e. The van der Waals surface area contributed by atoms with Gasteiger partial charge in [-0.25, -0.2) is 9.50 Å². The average molecular weight is 344 g/mol. The van der Waals surface area contributed by atoms with Gasteiger partial charge in [0.2, 0.25) is 0 Å². The lowest BCUT2D eigenvalue weighted by Crippen LogP contribution is -2.22. The van der Waals surface area contributed by atoms with E-state index >= 15 is 0 Å². The summed E-state index contributed by atoms with van der Waals surface area (Å²) in [6, 6.07) is 9.88. The van der Waals surface area contributed by atoms with Crippen molar-refractivity contribution in [3.8, 4) is 28.5 Å². The Balaban J connectivity index is 2.02. The Hall–Kier alpha value is -3.66. The summed E-state index contributed by atoms with van der Waals surface area (Å²) >= 11 is 0. The van der Waals surface area contributed by atoms with Crippen LogP contribution in [0.1, 0.15) is 30.9 Å². The van der Waals surface area contributed by atoms with Crippen molar-refractivity contribution in [1.29, 1.82) is 5.26 Å². The molecule has 128 valence electrons. The van der Waals surface area contributed by atoms with E-state index in [0.29, 0.717) is 22.5 Å². The molecule has 0 aliphatic carbocycles. The standard InChI is InChI=1S/C19H16N6O/c1-11(2)16-17(24-18-14(7-20)10-23-25(18)19(16)26)13-5-3-4-12(6-13)15-8-21-22-9-15/h3-6,8-11,23H,1-2H3,(H,21,22). The topological polar surface area (TPSA) is 103 Å². The fraction of sp³-hybridized carbons (Fsp3) is 0.158. The van der Waals surface area contributed by atoms with Gasteiger partial charge in [0.25, 0.3) is 5.56 Å². The Bertz CT molecular complexity index is 1190. The molecule has 4 rings (SSSR count). The summed E-state index contributed by atoms with van der Waals surface area (Å²) in [6.45, 7) is 3.92. The van der Waals surface area contributed by atoms with E-state index in [-0.39, 0.29) is 11.5 Å². The molecule has 0 saturated heterocycles. The smallest absolute Gasteiger partial charge is 0.276 e. The van der Waals surface area contributed by atoms with Crippen LogP contribution < -0.4 is 5.56 Å². The molecule has 7 nitrogen and oxygen atoms in total. The number of nitrogens with zero attached hydrogens (tertiary/aromatic N) is 4. The molecule has 7 heteroatoms. The van der Waals surface area contributed by atoms with Crippen molar-refractivity contribution in [1.82, 2.24) is 24.8 Å². The first-order chi connectivity index (χ1) is 12.6. The third-order valence-corrected chi connectivity index (χ3v) is 4.36. The molecule has 0 saturated carbocycles. The van der Waals surface area contributed by atoms with Crippen LogP contribution >= 0.6 is 0 Å². The van der Waals surface area contributed by atoms with Gasteiger partial charge in [-0.15, -0.1) is 0 Å². The molecule has 0 aliphatic rings. The zero-order valence-corrected chi connectivity index (χ0v) is 14.3. The van der Waals surface area contributed by atoms with Gasteiger partial charge in [0.05, 0.1) is 11.9 Å². The van der Waals surface area contributed by atoms with Crippen molar-refractivity contribution in [2.45, 2.75) is 19.8 Å². The van der Waals surface area contributed by atoms with E-state index in [1.54, 1.807) is 6.20 Å². The Kier molecular flexibility index (Phi) is 3.66. The number of benzene rings is 1. The molecule has 4 aromatic rings. The first kappa shape index (κ1) is 15.8. The van der Waals surface area contributed by atoms with Crippen LogP contribution in [0, 0.1) is 11.3 Å². The number of H-pyrrole nitrogens is 2. The van der Waals surface area contributed by atoms with Crippen LogP contribution in [-0.2, 0) is 0 Å². The van der Waals surface area contributed by atoms with Crippen molar-refractivity contribution >= 4 is 5.65 Å². The normalized spacial score (nSPS) is 11.2. The summed E-state index contributed by atoms with van der Waals surface area (Å²) in [4.78, 5) is 17.6. The molecule has 0 atom stereocenters. The Morgan fingerprint density at radius 3 is 2.69 bits per heavy atom. The highest BCUT2D eigenvalue weighted by Gasteiger charge is 2.20. The fourth-order valence-corrected chi connectivity index (χ4v) is 3.11. The maximum absolute atomic E-state index is 13.0. The third-order valence-electron chi connectivity index (χ3n) is 4.36. The SMILES string of the molecule is CC(C)c1c(-c2cccc(-c3cn[nH]c3)c2)nc2c(C#N)c[nH]n2c1=O. The molecule has 3 aromatic heterocycles. The number of hydrogen-bond donors (Lipinski definition) is 2. The molecule has 3 heterocycles. The van der Waals surface area contributed by atoms with Crippen LogP contribution in [0.4, 0.5) is 0 Å². The molecule has 1 aromatic carbocycles. The van der Waals surface area contributed by atoms with Gasteiger partial charge in [-0.2, -0.15) is 10.4 Å². The summed E-state index contributed by atoms with van der Waals surface area (Å²) in [5.74, 6) is -0.0201. The predicted octanol–water partition coefficient (Wildman–Crippen LogP) is 3.07. The Morgan fingerprint density at radius 2 is 2.00 bits per heavy atom. The Morgan fingerprint density at radius 1 is 1.19 bits per heavy atom. The molecule has 26 heavy (non-hydrogen) atoms. The quantitative estimate of drug-likeness (QED) is 0.596. The first-order valence-corrected chi connectivity index (χ1v) is 8.24. The number of aromatic amines is 2. The second-order valence-electron chi connectivity index (χ2n) is 6.36. The zero-order chi connectivity index (χ0) is 18.3. The highest BCUT2D eigenvalue weighted by molar-refractivity contribution is 5.74. The van der Waals surface area contributed by atoms with Gasteiger partial charge < -0.3 is 0 Å². The summed E-state index contributed by atoms with van der Waals surface area (Å²) in [6.07, 6.45) is 5.06. The van der Waals surface area contributed by atoms with E-state index in [1.807, 2.05) is 44.3 Å². The van der Waals surface area contributed by atoms with Crippen LogP contribution in [0.2, 0.25) is 0 Å². The number of rotatable bonds is 3. The molecular weight excluding hydrogens is 328 g/mol. The predicted molar refractivity (Wildman–Crippen MR) is 97.6 cm³/mol. The van der Waals surface area contributed by atoms with Crippen molar-refractivity contribution < 1.29 is 0 Å². The molecule has 0 bridgehead atoms. The number of nitriles is 1. The van der Waals surface area contributed by atoms with Gasteiger partial charge in [0, 0.05) is 29.1 Å². The highest BCUT2D eigenvalue weighted by atomic mass is 16.1. The van der Waals surface area contributed by atoms with E-state index < -0.39 is 0 Å². The minimum Gasteiger partial charge on any atom is -0.295 e. The number of hydrogen-bond acceptors (Lipinski definition) is 4. The molecular formula is C19H16N6O. The van der Waals surface area contributed by atoms with Crippen molar-refractivity contribution in [2.24, 2.45) is 0 Å². The van der Waals surface area contributed by atoms with Crippen molar-refractivity contribution in [3.63, 3.8) is 0 Å². The van der Waals surface area contributed by atoms with Crippen LogP contribution in [0.25, 0.3) is 28.0 Å². The number of fused-ring (bicyclic) bond motifs is 1. The summed E-state index contributed by atoms with van der Waals surface area (Å²) in [5.41, 5.74) is 4.46. The fourth-order valence-electron chi connectivity index (χ4n) is 3.11. The van der Waals surface area contributed by atoms with E-state index in [1.165, 1.54) is 10.7 Å². The molecule has 0 spiro atoms. The first-order valence-electron chi connectivity index (χ1n) is 8.24. The van der Waals surface area contributed by atoms with Gasteiger partial charge >= 0.3 is 0 Å². The van der Waals surface area contributed by atoms with Gasteiger partial charge in [0.1, 0.15) is 11.6 Å². The lowest BCUT2D eigenvalue weighted by Gasteiger charge is -2.12. The van der Waals surface area contributed by atoms with E-state index in [9.17, 15) is 10.1 Å². The van der Waals surface area contributed by atoms with Crippen LogP contribution in [-0.4, -0.2) is 24.8 Å². The van der Waals surface area contributed by atoms with Crippen LogP contribution in [0.5, 0.6) is 0 Å². The summed E-state index contributed by atoms with van der Waals surface area (Å²) in [7, 11) is 0. The molecule has 0 aliphatic heterocycles. The number of aromatic nitrogens is 5. The molecule has 0 unspecified atom stereocenters. The summed E-state index contributed by atoms with van der Waals surface area (Å²) < 4.78 is 1.33. The monoisotopic (exact) mass is 344 g/mol. The van der Waals surface area contributed by atoms with Crippen LogP contribution in [0.3, 0.4) is 0 Å². The highest BCUT2D eigenvalue weighted by Crippen LogP contribution is 2.29. The minimum absolute atomic E-state index is 0.0201. The van der Waals surface area contributed by atoms with Gasteiger partial charge in [-0.1, -0.05) is 32.0 Å². The van der Waals surface area contributed by atoms with E-state index in [2.05, 4.69) is 26.3 Å². The molecule has 0 fully saturated rings. The molecule has 0 amide bonds. The molecule has 0 radical (unpaired) electrons. The Labute approximate surface area is 148 Å². The lowest BCUT2D eigenvalue weighted by atomic mass is 9.96. The zero-order valence-electron chi connectivity index (χ0n) is 14.3. The number of nitrogens with one attached hydrogen (secondary N) is 2.